The Morgan fingerprint density at radius 2 is 0.957 bits per heavy atom. The lowest BCUT2D eigenvalue weighted by molar-refractivity contribution is 0.967. The van der Waals surface area contributed by atoms with Crippen molar-refractivity contribution in [2.24, 2.45) is 0 Å². The van der Waals surface area contributed by atoms with Crippen LogP contribution in [0.4, 0.5) is 0 Å². The van der Waals surface area contributed by atoms with Gasteiger partial charge in [-0.2, -0.15) is 0 Å². The SMILES string of the molecule is C=Cc1c(C=C)c2ccc(-c3cccc(-c4cccc(-c5ccc6c7c(c8c(c6c5)C=CC8)CCC=C7)c4)c3)cc2c2ccccc12. The van der Waals surface area contributed by atoms with Crippen molar-refractivity contribution in [3.63, 3.8) is 0 Å². The molecule has 0 amide bonds. The van der Waals surface area contributed by atoms with E-state index in [9.17, 15) is 0 Å². The van der Waals surface area contributed by atoms with Crippen molar-refractivity contribution in [1.82, 2.24) is 0 Å². The molecule has 0 saturated carbocycles. The molecule has 2 aliphatic carbocycles. The minimum atomic E-state index is 1.05. The molecule has 0 heterocycles. The van der Waals surface area contributed by atoms with Crippen LogP contribution in [-0.2, 0) is 12.8 Å². The molecule has 0 spiro atoms. The predicted octanol–water partition coefficient (Wildman–Crippen LogP) is 13.0. The lowest BCUT2D eigenvalue weighted by Crippen LogP contribution is -2.02. The van der Waals surface area contributed by atoms with E-state index in [1.165, 1.54) is 82.4 Å². The molecule has 0 aromatic heterocycles. The first kappa shape index (κ1) is 27.6. The number of fused-ring (bicyclic) bond motifs is 9. The Labute approximate surface area is 276 Å². The van der Waals surface area contributed by atoms with Crippen LogP contribution in [0.2, 0.25) is 0 Å². The molecule has 7 aromatic rings. The minimum Gasteiger partial charge on any atom is -0.0984 e. The van der Waals surface area contributed by atoms with Crippen molar-refractivity contribution in [3.8, 4) is 33.4 Å². The van der Waals surface area contributed by atoms with Gasteiger partial charge in [0.1, 0.15) is 0 Å². The summed E-state index contributed by atoms with van der Waals surface area (Å²) in [5.41, 5.74) is 15.6. The molecule has 9 rings (SSSR count). The van der Waals surface area contributed by atoms with Gasteiger partial charge < -0.3 is 0 Å². The lowest BCUT2D eigenvalue weighted by Gasteiger charge is -2.20. The van der Waals surface area contributed by atoms with E-state index in [1.807, 2.05) is 12.2 Å². The van der Waals surface area contributed by atoms with Gasteiger partial charge >= 0.3 is 0 Å². The van der Waals surface area contributed by atoms with Crippen molar-refractivity contribution in [3.05, 3.63) is 168 Å². The van der Waals surface area contributed by atoms with E-state index in [1.54, 1.807) is 5.56 Å². The summed E-state index contributed by atoms with van der Waals surface area (Å²) in [4.78, 5) is 0. The summed E-state index contributed by atoms with van der Waals surface area (Å²) in [6, 6.07) is 40.4. The first-order valence-electron chi connectivity index (χ1n) is 16.6. The Morgan fingerprint density at radius 3 is 1.62 bits per heavy atom. The molecule has 0 fully saturated rings. The molecule has 7 aromatic carbocycles. The van der Waals surface area contributed by atoms with Crippen LogP contribution in [0.25, 0.3) is 90.0 Å². The Kier molecular flexibility index (Phi) is 6.44. The van der Waals surface area contributed by atoms with Gasteiger partial charge in [0.15, 0.2) is 0 Å². The third kappa shape index (κ3) is 4.37. The van der Waals surface area contributed by atoms with Gasteiger partial charge in [0.05, 0.1) is 0 Å². The van der Waals surface area contributed by atoms with E-state index in [0.717, 1.165) is 30.4 Å². The van der Waals surface area contributed by atoms with Crippen LogP contribution < -0.4 is 0 Å². The molecule has 0 atom stereocenters. The zero-order valence-corrected chi connectivity index (χ0v) is 26.4. The predicted molar refractivity (Wildman–Crippen MR) is 206 cm³/mol. The summed E-state index contributed by atoms with van der Waals surface area (Å²) < 4.78 is 0. The van der Waals surface area contributed by atoms with Crippen molar-refractivity contribution >= 4 is 56.6 Å². The van der Waals surface area contributed by atoms with Crippen LogP contribution >= 0.6 is 0 Å². The van der Waals surface area contributed by atoms with E-state index in [-0.39, 0.29) is 0 Å². The second kappa shape index (κ2) is 11.0. The molecule has 0 radical (unpaired) electrons. The fraction of sp³-hybridized carbons (Fsp3) is 0.0638. The van der Waals surface area contributed by atoms with Crippen molar-refractivity contribution in [2.75, 3.05) is 0 Å². The quantitative estimate of drug-likeness (QED) is 0.173. The monoisotopic (exact) mass is 598 g/mol. The van der Waals surface area contributed by atoms with Gasteiger partial charge in [-0.1, -0.05) is 135 Å². The molecular weight excluding hydrogens is 565 g/mol. The number of hydrogen-bond acceptors (Lipinski definition) is 0. The standard InChI is InChI=1S/C47H34/c1-3-36-37(4-2)44-24-22-34(28-46(44)42-19-8-5-16-38(36)42)32-14-9-12-30(26-32)31-13-10-15-33(27-31)35-23-25-45-40-18-7-6-17-39(40)41-20-11-21-43(41)47(45)29-35/h3-5,7-16,18-19,21-29H,1-2,6,17,20H2. The molecule has 47 heavy (non-hydrogen) atoms. The van der Waals surface area contributed by atoms with Crippen molar-refractivity contribution in [1.29, 1.82) is 0 Å². The summed E-state index contributed by atoms with van der Waals surface area (Å²) >= 11 is 0. The summed E-state index contributed by atoms with van der Waals surface area (Å²) in [7, 11) is 0. The molecule has 0 unspecified atom stereocenters. The molecule has 0 N–H and O–H groups in total. The highest BCUT2D eigenvalue weighted by Crippen LogP contribution is 2.41. The van der Waals surface area contributed by atoms with Crippen LogP contribution in [0.5, 0.6) is 0 Å². The van der Waals surface area contributed by atoms with E-state index < -0.39 is 0 Å². The second-order valence-electron chi connectivity index (χ2n) is 12.8. The molecule has 0 bridgehead atoms. The zero-order chi connectivity index (χ0) is 31.5. The van der Waals surface area contributed by atoms with E-state index >= 15 is 0 Å². The molecule has 0 heteroatoms. The van der Waals surface area contributed by atoms with Gasteiger partial charge in [-0.3, -0.25) is 0 Å². The Hall–Kier alpha value is -5.72. The second-order valence-corrected chi connectivity index (χ2v) is 12.8. The first-order valence-corrected chi connectivity index (χ1v) is 16.6. The smallest absolute Gasteiger partial charge is 0.00850 e. The Balaban J connectivity index is 1.13. The van der Waals surface area contributed by atoms with E-state index in [4.69, 9.17) is 0 Å². The van der Waals surface area contributed by atoms with Gasteiger partial charge in [0.25, 0.3) is 0 Å². The maximum Gasteiger partial charge on any atom is -0.00850 e. The maximum absolute atomic E-state index is 4.14. The molecule has 0 nitrogen and oxygen atoms in total. The Bertz CT molecular complexity index is 2520. The van der Waals surface area contributed by atoms with E-state index in [2.05, 4.69) is 147 Å². The lowest BCUT2D eigenvalue weighted by atomic mass is 9.84. The number of benzene rings is 7. The molecule has 0 saturated heterocycles. The van der Waals surface area contributed by atoms with Crippen LogP contribution in [0.15, 0.2) is 135 Å². The van der Waals surface area contributed by atoms with Crippen LogP contribution in [0.3, 0.4) is 0 Å². The fourth-order valence-electron chi connectivity index (χ4n) is 8.08. The Morgan fingerprint density at radius 1 is 0.426 bits per heavy atom. The topological polar surface area (TPSA) is 0 Å². The fourth-order valence-corrected chi connectivity index (χ4v) is 8.08. The molecule has 2 aliphatic rings. The maximum atomic E-state index is 4.14. The van der Waals surface area contributed by atoms with E-state index in [0.29, 0.717) is 0 Å². The molecule has 0 aliphatic heterocycles. The number of allylic oxidation sites excluding steroid dienone is 2. The van der Waals surface area contributed by atoms with Gasteiger partial charge in [-0.15, -0.1) is 0 Å². The van der Waals surface area contributed by atoms with Crippen LogP contribution in [0, 0.1) is 0 Å². The summed E-state index contributed by atoms with van der Waals surface area (Å²) in [6.07, 6.45) is 16.6. The van der Waals surface area contributed by atoms with Crippen molar-refractivity contribution < 1.29 is 0 Å². The van der Waals surface area contributed by atoms with Gasteiger partial charge in [-0.25, -0.2) is 0 Å². The normalized spacial score (nSPS) is 13.3. The summed E-state index contributed by atoms with van der Waals surface area (Å²) in [5, 5.41) is 7.63. The highest BCUT2D eigenvalue weighted by Gasteiger charge is 2.20. The van der Waals surface area contributed by atoms with Gasteiger partial charge in [-0.05, 0) is 143 Å². The average molecular weight is 599 g/mol. The van der Waals surface area contributed by atoms with Crippen LogP contribution in [-0.4, -0.2) is 0 Å². The third-order valence-electron chi connectivity index (χ3n) is 10.3. The number of rotatable bonds is 5. The molecular formula is C47H34. The first-order chi connectivity index (χ1) is 23.2. The third-order valence-corrected chi connectivity index (χ3v) is 10.3. The number of hydrogen-bond donors (Lipinski definition) is 0. The summed E-state index contributed by atoms with van der Waals surface area (Å²) in [6.45, 7) is 8.26. The van der Waals surface area contributed by atoms with Crippen LogP contribution in [0.1, 0.15) is 39.8 Å². The van der Waals surface area contributed by atoms with Gasteiger partial charge in [0.2, 0.25) is 0 Å². The highest BCUT2D eigenvalue weighted by molar-refractivity contribution is 6.15. The minimum absolute atomic E-state index is 1.05. The average Bonchev–Trinajstić information content (AvgIpc) is 3.65. The largest absolute Gasteiger partial charge is 0.0984 e. The zero-order valence-electron chi connectivity index (χ0n) is 26.4. The summed E-state index contributed by atoms with van der Waals surface area (Å²) in [5.74, 6) is 0. The highest BCUT2D eigenvalue weighted by atomic mass is 14.2. The van der Waals surface area contributed by atoms with Gasteiger partial charge in [0, 0.05) is 0 Å². The molecule has 222 valence electrons. The van der Waals surface area contributed by atoms with Crippen molar-refractivity contribution in [2.45, 2.75) is 19.3 Å².